The summed E-state index contributed by atoms with van der Waals surface area (Å²) in [6.07, 6.45) is 5.48. The number of amides is 1. The molecule has 3 aliphatic heterocycles. The van der Waals surface area contributed by atoms with E-state index in [2.05, 4.69) is 27.5 Å². The summed E-state index contributed by atoms with van der Waals surface area (Å²) in [5.41, 5.74) is 0. The Hall–Kier alpha value is -0.300. The van der Waals surface area contributed by atoms with E-state index in [1.54, 1.807) is 0 Å². The van der Waals surface area contributed by atoms with Crippen LogP contribution in [0.1, 0.15) is 32.1 Å². The van der Waals surface area contributed by atoms with Gasteiger partial charge in [-0.05, 0) is 45.8 Å². The quantitative estimate of drug-likeness (QED) is 0.791. The first-order valence-corrected chi connectivity index (χ1v) is 10.4. The molecule has 0 aromatic carbocycles. The van der Waals surface area contributed by atoms with Gasteiger partial charge in [0.1, 0.15) is 0 Å². The molecule has 3 rings (SSSR count). The molecule has 0 saturated carbocycles. The number of thioether (sulfide) groups is 1. The molecule has 0 spiro atoms. The van der Waals surface area contributed by atoms with E-state index >= 15 is 0 Å². The van der Waals surface area contributed by atoms with Gasteiger partial charge in [0.2, 0.25) is 5.91 Å². The maximum atomic E-state index is 12.2. The number of carbonyl (C=O) groups excluding carboxylic acids is 1. The summed E-state index contributed by atoms with van der Waals surface area (Å²) in [6, 6.07) is 1.53. The summed E-state index contributed by atoms with van der Waals surface area (Å²) >= 11 is 1.95. The van der Waals surface area contributed by atoms with E-state index in [0.29, 0.717) is 18.5 Å². The van der Waals surface area contributed by atoms with Crippen molar-refractivity contribution in [3.05, 3.63) is 0 Å². The molecule has 1 atom stereocenters. The minimum absolute atomic E-state index is 0.239. The number of likely N-dealkylation sites (tertiary alicyclic amines) is 2. The van der Waals surface area contributed by atoms with E-state index in [9.17, 15) is 4.79 Å². The minimum Gasteiger partial charge on any atom is -0.353 e. The Balaban J connectivity index is 1.34. The number of piperidine rings is 2. The number of rotatable bonds is 4. The minimum atomic E-state index is 0.239. The molecule has 0 radical (unpaired) electrons. The van der Waals surface area contributed by atoms with Crippen molar-refractivity contribution < 1.29 is 4.79 Å². The predicted molar refractivity (Wildman–Crippen MR) is 97.0 cm³/mol. The number of nitrogens with zero attached hydrogens (tertiary/aromatic N) is 2. The van der Waals surface area contributed by atoms with Gasteiger partial charge in [-0.1, -0.05) is 0 Å². The molecule has 132 valence electrons. The number of hydrogen-bond acceptors (Lipinski definition) is 5. The zero-order chi connectivity index (χ0) is 16.1. The van der Waals surface area contributed by atoms with Crippen LogP contribution < -0.4 is 10.6 Å². The van der Waals surface area contributed by atoms with Crippen LogP contribution in [0.4, 0.5) is 0 Å². The second-order valence-electron chi connectivity index (χ2n) is 7.34. The van der Waals surface area contributed by atoms with Gasteiger partial charge < -0.3 is 20.4 Å². The second-order valence-corrected chi connectivity index (χ2v) is 8.49. The topological polar surface area (TPSA) is 47.6 Å². The molecule has 3 aliphatic rings. The van der Waals surface area contributed by atoms with Crippen LogP contribution in [0.3, 0.4) is 0 Å². The maximum Gasteiger partial charge on any atom is 0.221 e. The van der Waals surface area contributed by atoms with Gasteiger partial charge in [0.15, 0.2) is 0 Å². The molecule has 3 fully saturated rings. The van der Waals surface area contributed by atoms with Crippen molar-refractivity contribution in [2.45, 2.75) is 50.2 Å². The van der Waals surface area contributed by atoms with Gasteiger partial charge in [0, 0.05) is 55.7 Å². The van der Waals surface area contributed by atoms with Crippen molar-refractivity contribution in [1.29, 1.82) is 0 Å². The van der Waals surface area contributed by atoms with E-state index in [1.807, 2.05) is 11.8 Å². The van der Waals surface area contributed by atoms with Gasteiger partial charge in [-0.15, -0.1) is 0 Å². The largest absolute Gasteiger partial charge is 0.353 e. The highest BCUT2D eigenvalue weighted by molar-refractivity contribution is 7.99. The van der Waals surface area contributed by atoms with Crippen LogP contribution in [0.25, 0.3) is 0 Å². The molecule has 3 saturated heterocycles. The molecule has 5 nitrogen and oxygen atoms in total. The molecular weight excluding hydrogens is 308 g/mol. The van der Waals surface area contributed by atoms with Crippen molar-refractivity contribution >= 4 is 17.7 Å². The molecular formula is C17H32N4OS. The molecule has 0 aromatic heterocycles. The van der Waals surface area contributed by atoms with Crippen LogP contribution in [0, 0.1) is 0 Å². The van der Waals surface area contributed by atoms with Gasteiger partial charge in [-0.2, -0.15) is 11.8 Å². The molecule has 1 amide bonds. The Kier molecular flexibility index (Phi) is 6.62. The molecule has 0 bridgehead atoms. The van der Waals surface area contributed by atoms with E-state index in [0.717, 1.165) is 44.3 Å². The lowest BCUT2D eigenvalue weighted by Crippen LogP contribution is -2.51. The van der Waals surface area contributed by atoms with E-state index in [4.69, 9.17) is 0 Å². The first-order valence-electron chi connectivity index (χ1n) is 9.24. The lowest BCUT2D eigenvalue weighted by atomic mass is 9.98. The van der Waals surface area contributed by atoms with Crippen molar-refractivity contribution in [1.82, 2.24) is 20.4 Å². The van der Waals surface area contributed by atoms with Crippen LogP contribution in [0.15, 0.2) is 0 Å². The summed E-state index contributed by atoms with van der Waals surface area (Å²) in [5, 5.41) is 6.72. The number of nitrogens with one attached hydrogen (secondary N) is 2. The van der Waals surface area contributed by atoms with Crippen molar-refractivity contribution in [2.24, 2.45) is 0 Å². The number of hydrogen-bond donors (Lipinski definition) is 2. The van der Waals surface area contributed by atoms with E-state index in [-0.39, 0.29) is 5.91 Å². The summed E-state index contributed by atoms with van der Waals surface area (Å²) in [4.78, 5) is 17.3. The van der Waals surface area contributed by atoms with E-state index in [1.165, 1.54) is 31.7 Å². The van der Waals surface area contributed by atoms with Crippen LogP contribution in [0.2, 0.25) is 0 Å². The Morgan fingerprint density at radius 1 is 1.17 bits per heavy atom. The SMILES string of the molecule is CN1CCC(N2CCC(NC(=O)CC3CSCCN3)CC2)CC1. The smallest absolute Gasteiger partial charge is 0.221 e. The van der Waals surface area contributed by atoms with Crippen LogP contribution in [0.5, 0.6) is 0 Å². The lowest BCUT2D eigenvalue weighted by Gasteiger charge is -2.41. The zero-order valence-electron chi connectivity index (χ0n) is 14.4. The van der Waals surface area contributed by atoms with Crippen LogP contribution >= 0.6 is 11.8 Å². The zero-order valence-corrected chi connectivity index (χ0v) is 15.2. The average Bonchev–Trinajstić information content (AvgIpc) is 2.57. The van der Waals surface area contributed by atoms with Gasteiger partial charge in [-0.3, -0.25) is 4.79 Å². The third-order valence-corrected chi connectivity index (χ3v) is 6.66. The van der Waals surface area contributed by atoms with Gasteiger partial charge in [0.05, 0.1) is 0 Å². The predicted octanol–water partition coefficient (Wildman–Crippen LogP) is 0.756. The fourth-order valence-electron chi connectivity index (χ4n) is 4.03. The van der Waals surface area contributed by atoms with E-state index < -0.39 is 0 Å². The third-order valence-electron chi connectivity index (χ3n) is 5.53. The molecule has 0 aromatic rings. The van der Waals surface area contributed by atoms with Crippen LogP contribution in [-0.4, -0.2) is 85.1 Å². The molecule has 3 heterocycles. The molecule has 0 aliphatic carbocycles. The van der Waals surface area contributed by atoms with Crippen molar-refractivity contribution in [3.63, 3.8) is 0 Å². The highest BCUT2D eigenvalue weighted by atomic mass is 32.2. The Labute approximate surface area is 144 Å². The van der Waals surface area contributed by atoms with Crippen LogP contribution in [-0.2, 0) is 4.79 Å². The Morgan fingerprint density at radius 2 is 1.91 bits per heavy atom. The van der Waals surface area contributed by atoms with Crippen molar-refractivity contribution in [3.8, 4) is 0 Å². The molecule has 6 heteroatoms. The summed E-state index contributed by atoms with van der Waals surface area (Å²) in [7, 11) is 2.22. The van der Waals surface area contributed by atoms with Crippen molar-refractivity contribution in [2.75, 3.05) is 51.3 Å². The Bertz CT molecular complexity index is 373. The number of carbonyl (C=O) groups is 1. The average molecular weight is 341 g/mol. The maximum absolute atomic E-state index is 12.2. The molecule has 2 N–H and O–H groups in total. The molecule has 1 unspecified atom stereocenters. The van der Waals surface area contributed by atoms with Gasteiger partial charge >= 0.3 is 0 Å². The Morgan fingerprint density at radius 3 is 2.57 bits per heavy atom. The standard InChI is InChI=1S/C17H32N4OS/c1-20-7-4-16(5-8-20)21-9-2-14(3-10-21)19-17(22)12-15-13-23-11-6-18-15/h14-16,18H,2-13H2,1H3,(H,19,22). The molecule has 23 heavy (non-hydrogen) atoms. The highest BCUT2D eigenvalue weighted by Gasteiger charge is 2.28. The summed E-state index contributed by atoms with van der Waals surface area (Å²) in [6.45, 7) is 5.80. The fraction of sp³-hybridized carbons (Fsp3) is 0.941. The first kappa shape index (κ1) is 17.5. The van der Waals surface area contributed by atoms with Gasteiger partial charge in [0.25, 0.3) is 0 Å². The normalized spacial score (nSPS) is 29.5. The third kappa shape index (κ3) is 5.34. The fourth-order valence-corrected chi connectivity index (χ4v) is 4.98. The summed E-state index contributed by atoms with van der Waals surface area (Å²) in [5.74, 6) is 2.48. The monoisotopic (exact) mass is 340 g/mol. The van der Waals surface area contributed by atoms with Gasteiger partial charge in [-0.25, -0.2) is 0 Å². The first-order chi connectivity index (χ1) is 11.2. The summed E-state index contributed by atoms with van der Waals surface area (Å²) < 4.78 is 0. The lowest BCUT2D eigenvalue weighted by molar-refractivity contribution is -0.122. The highest BCUT2D eigenvalue weighted by Crippen LogP contribution is 2.20. The second kappa shape index (κ2) is 8.70.